The molecule has 0 aliphatic carbocycles. The van der Waals surface area contributed by atoms with Gasteiger partial charge in [0, 0.05) is 7.05 Å². The van der Waals surface area contributed by atoms with Crippen LogP contribution in [0.3, 0.4) is 0 Å². The van der Waals surface area contributed by atoms with E-state index in [1.807, 2.05) is 13.8 Å². The fourth-order valence-electron chi connectivity index (χ4n) is 0.459. The van der Waals surface area contributed by atoms with Gasteiger partial charge in [0.15, 0.2) is 0 Å². The van der Waals surface area contributed by atoms with Crippen molar-refractivity contribution in [3.8, 4) is 0 Å². The first kappa shape index (κ1) is 9.69. The van der Waals surface area contributed by atoms with Crippen LogP contribution in [0.25, 0.3) is 0 Å². The highest BCUT2D eigenvalue weighted by atomic mass is 79.9. The number of halogens is 1. The minimum Gasteiger partial charge on any atom is -0.355 e. The Morgan fingerprint density at radius 3 is 2.40 bits per heavy atom. The molecule has 0 aliphatic heterocycles. The second-order valence-electron chi connectivity index (χ2n) is 2.03. The van der Waals surface area contributed by atoms with E-state index in [4.69, 9.17) is 0 Å². The lowest BCUT2D eigenvalue weighted by Gasteiger charge is -2.00. The van der Waals surface area contributed by atoms with Gasteiger partial charge >= 0.3 is 0 Å². The number of allylic oxidation sites excluding steroid dienone is 1. The minimum absolute atomic E-state index is 0.0562. The van der Waals surface area contributed by atoms with Crippen LogP contribution in [0.15, 0.2) is 10.1 Å². The first-order chi connectivity index (χ1) is 4.63. The molecule has 0 bridgehead atoms. The van der Waals surface area contributed by atoms with Crippen LogP contribution in [0.2, 0.25) is 0 Å². The Bertz CT molecular complexity index is 163. The molecule has 3 heteroatoms. The molecule has 0 aromatic carbocycles. The average Bonchev–Trinajstić information content (AvgIpc) is 2.00. The van der Waals surface area contributed by atoms with Gasteiger partial charge in [-0.3, -0.25) is 4.79 Å². The molecule has 0 unspecified atom stereocenters. The zero-order valence-electron chi connectivity index (χ0n) is 6.49. The van der Waals surface area contributed by atoms with Crippen molar-refractivity contribution in [3.05, 3.63) is 10.1 Å². The van der Waals surface area contributed by atoms with Gasteiger partial charge in [-0.15, -0.1) is 0 Å². The van der Waals surface area contributed by atoms with E-state index >= 15 is 0 Å². The number of rotatable bonds is 2. The molecule has 1 amide bonds. The van der Waals surface area contributed by atoms with E-state index in [0.717, 1.165) is 12.0 Å². The zero-order chi connectivity index (χ0) is 8.15. The number of likely N-dealkylation sites (N-methyl/N-ethyl adjacent to an activating group) is 1. The van der Waals surface area contributed by atoms with E-state index < -0.39 is 0 Å². The van der Waals surface area contributed by atoms with Crippen molar-refractivity contribution in [1.82, 2.24) is 5.32 Å². The molecule has 58 valence electrons. The molecule has 0 saturated heterocycles. The minimum atomic E-state index is -0.0562. The summed E-state index contributed by atoms with van der Waals surface area (Å²) in [5.41, 5.74) is 1.07. The van der Waals surface area contributed by atoms with Gasteiger partial charge in [-0.05, 0) is 29.3 Å². The lowest BCUT2D eigenvalue weighted by molar-refractivity contribution is -0.116. The first-order valence-electron chi connectivity index (χ1n) is 3.20. The summed E-state index contributed by atoms with van der Waals surface area (Å²) in [6.45, 7) is 3.94. The maximum atomic E-state index is 10.9. The van der Waals surface area contributed by atoms with Crippen molar-refractivity contribution in [2.24, 2.45) is 0 Å². The second kappa shape index (κ2) is 4.50. The number of amides is 1. The predicted octanol–water partition coefficient (Wildman–Crippen LogP) is 1.81. The van der Waals surface area contributed by atoms with Crippen LogP contribution in [0.5, 0.6) is 0 Å². The van der Waals surface area contributed by atoms with E-state index in [2.05, 4.69) is 21.2 Å². The van der Waals surface area contributed by atoms with Gasteiger partial charge in [0.05, 0.1) is 4.48 Å². The van der Waals surface area contributed by atoms with Gasteiger partial charge in [0.1, 0.15) is 0 Å². The van der Waals surface area contributed by atoms with Crippen molar-refractivity contribution in [2.45, 2.75) is 20.3 Å². The van der Waals surface area contributed by atoms with E-state index in [9.17, 15) is 4.79 Å². The Labute approximate surface area is 69.8 Å². The molecule has 0 saturated carbocycles. The van der Waals surface area contributed by atoms with Crippen LogP contribution in [-0.2, 0) is 4.79 Å². The Morgan fingerprint density at radius 2 is 2.10 bits per heavy atom. The van der Waals surface area contributed by atoms with Crippen LogP contribution in [0.1, 0.15) is 20.3 Å². The standard InChI is InChI=1S/C7H12BrNO/c1-4-5(2)6(8)7(10)9-3/h4H2,1-3H3,(H,9,10)/b6-5+. The lowest BCUT2D eigenvalue weighted by atomic mass is 10.2. The Balaban J connectivity index is 4.30. The van der Waals surface area contributed by atoms with Crippen LogP contribution >= 0.6 is 15.9 Å². The number of carbonyl (C=O) groups excluding carboxylic acids is 1. The summed E-state index contributed by atoms with van der Waals surface area (Å²) in [5.74, 6) is -0.0562. The largest absolute Gasteiger partial charge is 0.355 e. The molecule has 0 spiro atoms. The predicted molar refractivity (Wildman–Crippen MR) is 46.0 cm³/mol. The third-order valence-electron chi connectivity index (χ3n) is 1.33. The van der Waals surface area contributed by atoms with Crippen molar-refractivity contribution in [1.29, 1.82) is 0 Å². The smallest absolute Gasteiger partial charge is 0.257 e. The molecule has 2 nitrogen and oxygen atoms in total. The Hall–Kier alpha value is -0.310. The molecular weight excluding hydrogens is 194 g/mol. The number of hydrogen-bond acceptors (Lipinski definition) is 1. The average molecular weight is 206 g/mol. The van der Waals surface area contributed by atoms with Crippen LogP contribution in [0, 0.1) is 0 Å². The number of carbonyl (C=O) groups is 1. The monoisotopic (exact) mass is 205 g/mol. The maximum Gasteiger partial charge on any atom is 0.257 e. The van der Waals surface area contributed by atoms with Gasteiger partial charge in [-0.1, -0.05) is 12.5 Å². The normalized spacial score (nSPS) is 12.4. The Kier molecular flexibility index (Phi) is 4.36. The maximum absolute atomic E-state index is 10.9. The molecule has 1 N–H and O–H groups in total. The van der Waals surface area contributed by atoms with Crippen molar-refractivity contribution >= 4 is 21.8 Å². The molecule has 0 heterocycles. The lowest BCUT2D eigenvalue weighted by Crippen LogP contribution is -2.18. The van der Waals surface area contributed by atoms with E-state index in [1.165, 1.54) is 0 Å². The topological polar surface area (TPSA) is 29.1 Å². The van der Waals surface area contributed by atoms with E-state index in [-0.39, 0.29) is 5.91 Å². The summed E-state index contributed by atoms with van der Waals surface area (Å²) < 4.78 is 0.650. The van der Waals surface area contributed by atoms with Gasteiger partial charge in [-0.2, -0.15) is 0 Å². The van der Waals surface area contributed by atoms with Gasteiger partial charge in [0.2, 0.25) is 0 Å². The van der Waals surface area contributed by atoms with Gasteiger partial charge in [-0.25, -0.2) is 0 Å². The molecule has 0 aliphatic rings. The second-order valence-corrected chi connectivity index (χ2v) is 2.82. The van der Waals surface area contributed by atoms with Crippen LogP contribution < -0.4 is 5.32 Å². The quantitative estimate of drug-likeness (QED) is 0.686. The van der Waals surface area contributed by atoms with Crippen LogP contribution in [0.4, 0.5) is 0 Å². The summed E-state index contributed by atoms with van der Waals surface area (Å²) >= 11 is 3.20. The summed E-state index contributed by atoms with van der Waals surface area (Å²) in [4.78, 5) is 10.9. The summed E-state index contributed by atoms with van der Waals surface area (Å²) in [6.07, 6.45) is 0.897. The highest BCUT2D eigenvalue weighted by molar-refractivity contribution is 9.12. The molecule has 10 heavy (non-hydrogen) atoms. The van der Waals surface area contributed by atoms with Gasteiger partial charge in [0.25, 0.3) is 5.91 Å². The van der Waals surface area contributed by atoms with Crippen molar-refractivity contribution in [3.63, 3.8) is 0 Å². The molecule has 0 fully saturated rings. The molecule has 0 radical (unpaired) electrons. The molecular formula is C7H12BrNO. The molecule has 0 atom stereocenters. The van der Waals surface area contributed by atoms with E-state index in [1.54, 1.807) is 7.05 Å². The summed E-state index contributed by atoms with van der Waals surface area (Å²) in [6, 6.07) is 0. The number of nitrogens with one attached hydrogen (secondary N) is 1. The number of hydrogen-bond donors (Lipinski definition) is 1. The summed E-state index contributed by atoms with van der Waals surface area (Å²) in [5, 5.41) is 2.54. The zero-order valence-corrected chi connectivity index (χ0v) is 8.08. The molecule has 0 rings (SSSR count). The summed E-state index contributed by atoms with van der Waals surface area (Å²) in [7, 11) is 1.62. The highest BCUT2D eigenvalue weighted by Crippen LogP contribution is 2.13. The first-order valence-corrected chi connectivity index (χ1v) is 4.00. The Morgan fingerprint density at radius 1 is 1.60 bits per heavy atom. The van der Waals surface area contributed by atoms with Crippen molar-refractivity contribution < 1.29 is 4.79 Å². The molecule has 0 aromatic heterocycles. The van der Waals surface area contributed by atoms with Crippen molar-refractivity contribution in [2.75, 3.05) is 7.05 Å². The van der Waals surface area contributed by atoms with Gasteiger partial charge < -0.3 is 5.32 Å². The third-order valence-corrected chi connectivity index (χ3v) is 2.37. The van der Waals surface area contributed by atoms with Crippen LogP contribution in [-0.4, -0.2) is 13.0 Å². The van der Waals surface area contributed by atoms with E-state index in [0.29, 0.717) is 4.48 Å². The molecule has 0 aromatic rings. The fraction of sp³-hybridized carbons (Fsp3) is 0.571. The SMILES string of the molecule is CC/C(C)=C(/Br)C(=O)NC. The third kappa shape index (κ3) is 2.52. The highest BCUT2D eigenvalue weighted by Gasteiger charge is 2.04. The fourth-order valence-corrected chi connectivity index (χ4v) is 0.937.